The molecule has 1 amide bonds. The van der Waals surface area contributed by atoms with Crippen molar-refractivity contribution in [2.75, 3.05) is 20.1 Å². The lowest BCUT2D eigenvalue weighted by Crippen LogP contribution is -2.28. The molecular formula is C14H20Cl2N2O. The number of nitrogens with one attached hydrogen (secondary N) is 2. The van der Waals surface area contributed by atoms with Crippen LogP contribution in [0.3, 0.4) is 0 Å². The molecule has 0 radical (unpaired) electrons. The van der Waals surface area contributed by atoms with E-state index in [0.717, 1.165) is 18.5 Å². The maximum Gasteiger partial charge on any atom is 0.220 e. The molecule has 0 spiro atoms. The van der Waals surface area contributed by atoms with E-state index < -0.39 is 0 Å². The molecule has 1 unspecified atom stereocenters. The van der Waals surface area contributed by atoms with Crippen LogP contribution in [0.1, 0.15) is 31.2 Å². The van der Waals surface area contributed by atoms with Gasteiger partial charge in [-0.25, -0.2) is 0 Å². The van der Waals surface area contributed by atoms with Gasteiger partial charge in [-0.05, 0) is 37.7 Å². The highest BCUT2D eigenvalue weighted by Gasteiger charge is 2.14. The van der Waals surface area contributed by atoms with Gasteiger partial charge in [0, 0.05) is 28.9 Å². The lowest BCUT2D eigenvalue weighted by atomic mass is 10.0. The van der Waals surface area contributed by atoms with Gasteiger partial charge >= 0.3 is 0 Å². The molecule has 1 atom stereocenters. The molecule has 0 aromatic heterocycles. The van der Waals surface area contributed by atoms with E-state index in [1.165, 1.54) is 0 Å². The molecule has 1 aromatic carbocycles. The van der Waals surface area contributed by atoms with Crippen LogP contribution in [0.5, 0.6) is 0 Å². The summed E-state index contributed by atoms with van der Waals surface area (Å²) in [7, 11) is 1.87. The lowest BCUT2D eigenvalue weighted by molar-refractivity contribution is -0.121. The van der Waals surface area contributed by atoms with Crippen LogP contribution in [-0.4, -0.2) is 26.0 Å². The molecule has 5 heteroatoms. The number of hydrogen-bond donors (Lipinski definition) is 2. The van der Waals surface area contributed by atoms with Gasteiger partial charge in [-0.2, -0.15) is 0 Å². The summed E-state index contributed by atoms with van der Waals surface area (Å²) in [6.07, 6.45) is 1.37. The molecule has 1 aromatic rings. The molecule has 2 N–H and O–H groups in total. The zero-order valence-electron chi connectivity index (χ0n) is 11.3. The quantitative estimate of drug-likeness (QED) is 0.759. The van der Waals surface area contributed by atoms with Crippen LogP contribution >= 0.6 is 23.2 Å². The Kier molecular flexibility index (Phi) is 7.21. The standard InChI is InChI=1S/C14H20Cl2N2O/c1-10(9-18-13(19)7-4-8-17-2)14-11(15)5-3-6-12(14)16/h3,5-6,10,17H,4,7-9H2,1-2H3,(H,18,19). The van der Waals surface area contributed by atoms with Gasteiger partial charge in [0.2, 0.25) is 5.91 Å². The second-order valence-electron chi connectivity index (χ2n) is 4.55. The van der Waals surface area contributed by atoms with E-state index in [9.17, 15) is 4.79 Å². The molecule has 0 saturated carbocycles. The Morgan fingerprint density at radius 3 is 2.53 bits per heavy atom. The first-order valence-corrected chi connectivity index (χ1v) is 7.17. The average molecular weight is 303 g/mol. The van der Waals surface area contributed by atoms with Crippen molar-refractivity contribution in [3.8, 4) is 0 Å². The predicted octanol–water partition coefficient (Wildman–Crippen LogP) is 3.21. The third-order valence-corrected chi connectivity index (χ3v) is 3.59. The highest BCUT2D eigenvalue weighted by atomic mass is 35.5. The van der Waals surface area contributed by atoms with E-state index in [-0.39, 0.29) is 11.8 Å². The predicted molar refractivity (Wildman–Crippen MR) is 81.0 cm³/mol. The number of rotatable bonds is 7. The van der Waals surface area contributed by atoms with E-state index in [1.807, 2.05) is 32.2 Å². The van der Waals surface area contributed by atoms with Gasteiger partial charge in [0.15, 0.2) is 0 Å². The summed E-state index contributed by atoms with van der Waals surface area (Å²) in [5.74, 6) is 0.153. The lowest BCUT2D eigenvalue weighted by Gasteiger charge is -2.16. The number of hydrogen-bond acceptors (Lipinski definition) is 2. The van der Waals surface area contributed by atoms with Crippen molar-refractivity contribution >= 4 is 29.1 Å². The Morgan fingerprint density at radius 1 is 1.32 bits per heavy atom. The van der Waals surface area contributed by atoms with Crippen molar-refractivity contribution in [1.29, 1.82) is 0 Å². The first-order valence-electron chi connectivity index (χ1n) is 6.41. The van der Waals surface area contributed by atoms with Gasteiger partial charge in [0.05, 0.1) is 0 Å². The molecule has 0 aliphatic heterocycles. The molecule has 0 aliphatic rings. The van der Waals surface area contributed by atoms with Crippen LogP contribution in [0.2, 0.25) is 10.0 Å². The van der Waals surface area contributed by atoms with Crippen LogP contribution in [0.25, 0.3) is 0 Å². The van der Waals surface area contributed by atoms with Crippen LogP contribution in [0.15, 0.2) is 18.2 Å². The zero-order valence-corrected chi connectivity index (χ0v) is 12.8. The third kappa shape index (κ3) is 5.39. The summed E-state index contributed by atoms with van der Waals surface area (Å²) < 4.78 is 0. The Balaban J connectivity index is 2.47. The summed E-state index contributed by atoms with van der Waals surface area (Å²) >= 11 is 12.3. The first kappa shape index (κ1) is 16.3. The maximum absolute atomic E-state index is 11.6. The van der Waals surface area contributed by atoms with E-state index >= 15 is 0 Å². The summed E-state index contributed by atoms with van der Waals surface area (Å²) in [5, 5.41) is 7.21. The number of carbonyl (C=O) groups excluding carboxylic acids is 1. The van der Waals surface area contributed by atoms with E-state index in [4.69, 9.17) is 23.2 Å². The second-order valence-corrected chi connectivity index (χ2v) is 5.36. The molecule has 0 bridgehead atoms. The number of carbonyl (C=O) groups is 1. The van der Waals surface area contributed by atoms with Crippen LogP contribution in [0.4, 0.5) is 0 Å². The SMILES string of the molecule is CNCCCC(=O)NCC(C)c1c(Cl)cccc1Cl. The van der Waals surface area contributed by atoms with Gasteiger partial charge in [-0.15, -0.1) is 0 Å². The molecule has 19 heavy (non-hydrogen) atoms. The van der Waals surface area contributed by atoms with Crippen molar-refractivity contribution < 1.29 is 4.79 Å². The van der Waals surface area contributed by atoms with Crippen LogP contribution in [-0.2, 0) is 4.79 Å². The summed E-state index contributed by atoms with van der Waals surface area (Å²) in [6, 6.07) is 5.44. The zero-order chi connectivity index (χ0) is 14.3. The fourth-order valence-electron chi connectivity index (χ4n) is 1.86. The van der Waals surface area contributed by atoms with Crippen molar-refractivity contribution in [2.45, 2.75) is 25.7 Å². The van der Waals surface area contributed by atoms with Crippen LogP contribution < -0.4 is 10.6 Å². The Bertz CT molecular complexity index is 404. The second kappa shape index (κ2) is 8.41. The van der Waals surface area contributed by atoms with Gasteiger partial charge in [0.25, 0.3) is 0 Å². The Morgan fingerprint density at radius 2 is 1.95 bits per heavy atom. The third-order valence-electron chi connectivity index (χ3n) is 2.93. The topological polar surface area (TPSA) is 41.1 Å². The van der Waals surface area contributed by atoms with Gasteiger partial charge in [-0.3, -0.25) is 4.79 Å². The first-order chi connectivity index (χ1) is 9.06. The van der Waals surface area contributed by atoms with Gasteiger partial charge in [0.1, 0.15) is 0 Å². The fourth-order valence-corrected chi connectivity index (χ4v) is 2.63. The molecule has 106 valence electrons. The van der Waals surface area contributed by atoms with Crippen molar-refractivity contribution in [3.05, 3.63) is 33.8 Å². The fraction of sp³-hybridized carbons (Fsp3) is 0.500. The van der Waals surface area contributed by atoms with E-state index in [2.05, 4.69) is 10.6 Å². The van der Waals surface area contributed by atoms with Crippen LogP contribution in [0, 0.1) is 0 Å². The molecule has 0 heterocycles. The highest BCUT2D eigenvalue weighted by molar-refractivity contribution is 6.36. The minimum absolute atomic E-state index is 0.0604. The normalized spacial score (nSPS) is 12.2. The number of benzene rings is 1. The molecular weight excluding hydrogens is 283 g/mol. The summed E-state index contributed by atoms with van der Waals surface area (Å²) in [5.41, 5.74) is 0.890. The molecule has 1 rings (SSSR count). The van der Waals surface area contributed by atoms with E-state index in [0.29, 0.717) is 23.0 Å². The minimum Gasteiger partial charge on any atom is -0.356 e. The minimum atomic E-state index is 0.0604. The van der Waals surface area contributed by atoms with Crippen molar-refractivity contribution in [1.82, 2.24) is 10.6 Å². The monoisotopic (exact) mass is 302 g/mol. The largest absolute Gasteiger partial charge is 0.356 e. The average Bonchev–Trinajstić information content (AvgIpc) is 2.36. The van der Waals surface area contributed by atoms with Crippen molar-refractivity contribution in [2.24, 2.45) is 0 Å². The molecule has 3 nitrogen and oxygen atoms in total. The number of halogens is 2. The summed E-state index contributed by atoms with van der Waals surface area (Å²) in [4.78, 5) is 11.6. The van der Waals surface area contributed by atoms with Gasteiger partial charge < -0.3 is 10.6 Å². The maximum atomic E-state index is 11.6. The Labute approximate surface area is 124 Å². The highest BCUT2D eigenvalue weighted by Crippen LogP contribution is 2.30. The van der Waals surface area contributed by atoms with E-state index in [1.54, 1.807) is 0 Å². The number of amides is 1. The van der Waals surface area contributed by atoms with Gasteiger partial charge in [-0.1, -0.05) is 36.2 Å². The molecule has 0 aliphatic carbocycles. The molecule has 0 fully saturated rings. The summed E-state index contributed by atoms with van der Waals surface area (Å²) in [6.45, 7) is 3.39. The van der Waals surface area contributed by atoms with Crippen molar-refractivity contribution in [3.63, 3.8) is 0 Å². The Hall–Kier alpha value is -0.770. The smallest absolute Gasteiger partial charge is 0.220 e. The molecule has 0 saturated heterocycles.